The number of alkyl halides is 3. The molecule has 0 unspecified atom stereocenters. The molecular formula is C16H19F4N3O4. The van der Waals surface area contributed by atoms with Gasteiger partial charge in [-0.3, -0.25) is 0 Å². The Balaban J connectivity index is 0.000000321. The van der Waals surface area contributed by atoms with Crippen molar-refractivity contribution in [2.45, 2.75) is 37.3 Å². The summed E-state index contributed by atoms with van der Waals surface area (Å²) in [6.45, 7) is 5.58. The van der Waals surface area contributed by atoms with Gasteiger partial charge in [0.15, 0.2) is 5.82 Å². The molecule has 7 nitrogen and oxygen atoms in total. The first-order chi connectivity index (χ1) is 12.7. The van der Waals surface area contributed by atoms with Crippen LogP contribution in [0.4, 0.5) is 23.5 Å². The van der Waals surface area contributed by atoms with Crippen molar-refractivity contribution in [3.05, 3.63) is 30.9 Å². The second-order valence-corrected chi connectivity index (χ2v) is 5.86. The molecule has 0 saturated carbocycles. The van der Waals surface area contributed by atoms with E-state index in [1.165, 1.54) is 12.4 Å². The van der Waals surface area contributed by atoms with Gasteiger partial charge in [-0.05, 0) is 12.8 Å². The second kappa shape index (κ2) is 9.09. The lowest BCUT2D eigenvalue weighted by Gasteiger charge is -2.32. The number of rotatable bonds is 4. The van der Waals surface area contributed by atoms with Crippen molar-refractivity contribution >= 4 is 11.9 Å². The summed E-state index contributed by atoms with van der Waals surface area (Å²) in [6.07, 6.45) is 1.06. The van der Waals surface area contributed by atoms with Gasteiger partial charge in [0, 0.05) is 6.61 Å². The van der Waals surface area contributed by atoms with Gasteiger partial charge in [-0.25, -0.2) is 19.2 Å². The van der Waals surface area contributed by atoms with Crippen LogP contribution in [0.15, 0.2) is 25.0 Å². The minimum Gasteiger partial charge on any atom is -0.475 e. The molecular weight excluding hydrogens is 374 g/mol. The molecule has 11 heteroatoms. The highest BCUT2D eigenvalue weighted by molar-refractivity contribution is 5.73. The molecule has 0 spiro atoms. The summed E-state index contributed by atoms with van der Waals surface area (Å²) in [5, 5.41) is 7.12. The van der Waals surface area contributed by atoms with Crippen molar-refractivity contribution in [3.8, 4) is 0 Å². The molecule has 1 N–H and O–H groups in total. The number of carboxylic acid groups (broad SMARTS) is 1. The predicted molar refractivity (Wildman–Crippen MR) is 85.7 cm³/mol. The fourth-order valence-electron chi connectivity index (χ4n) is 2.93. The lowest BCUT2D eigenvalue weighted by atomic mass is 10.0. The average molecular weight is 393 g/mol. The number of hydrogen-bond acceptors (Lipinski definition) is 6. The monoisotopic (exact) mass is 393 g/mol. The van der Waals surface area contributed by atoms with Crippen molar-refractivity contribution < 1.29 is 36.9 Å². The maximum atomic E-state index is 12.9. The van der Waals surface area contributed by atoms with E-state index in [-0.39, 0.29) is 18.2 Å². The van der Waals surface area contributed by atoms with Crippen LogP contribution in [0.2, 0.25) is 0 Å². The fraction of sp³-hybridized carbons (Fsp3) is 0.562. The topological polar surface area (TPSA) is 84.8 Å². The lowest BCUT2D eigenvalue weighted by Crippen LogP contribution is -2.42. The minimum absolute atomic E-state index is 0.0213. The third-order valence-electron chi connectivity index (χ3n) is 4.01. The van der Waals surface area contributed by atoms with E-state index >= 15 is 0 Å². The SMILES string of the molecule is C=CCO[C@@H]1CN(c2ncc(F)cn2)[C@@H]2CCCO[C@@H]21.O=C(O)C(F)(F)F. The molecule has 2 aliphatic heterocycles. The Morgan fingerprint density at radius 3 is 2.63 bits per heavy atom. The predicted octanol–water partition coefficient (Wildman–Crippen LogP) is 2.19. The van der Waals surface area contributed by atoms with E-state index < -0.39 is 18.0 Å². The van der Waals surface area contributed by atoms with Gasteiger partial charge in [-0.2, -0.15) is 13.2 Å². The summed E-state index contributed by atoms with van der Waals surface area (Å²) in [4.78, 5) is 19.1. The van der Waals surface area contributed by atoms with Crippen LogP contribution in [-0.2, 0) is 14.3 Å². The van der Waals surface area contributed by atoms with Crippen LogP contribution in [0.3, 0.4) is 0 Å². The van der Waals surface area contributed by atoms with E-state index in [0.29, 0.717) is 19.1 Å². The number of carbonyl (C=O) groups is 1. The molecule has 0 aromatic carbocycles. The third-order valence-corrected chi connectivity index (χ3v) is 4.01. The number of nitrogens with zero attached hydrogens (tertiary/aromatic N) is 3. The van der Waals surface area contributed by atoms with Gasteiger partial charge < -0.3 is 19.5 Å². The molecule has 3 rings (SSSR count). The van der Waals surface area contributed by atoms with Gasteiger partial charge in [0.05, 0.1) is 31.6 Å². The van der Waals surface area contributed by atoms with Crippen LogP contribution >= 0.6 is 0 Å². The number of aromatic nitrogens is 2. The molecule has 150 valence electrons. The lowest BCUT2D eigenvalue weighted by molar-refractivity contribution is -0.192. The molecule has 0 bridgehead atoms. The Labute approximate surface area is 152 Å². The molecule has 2 fully saturated rings. The van der Waals surface area contributed by atoms with Crippen LogP contribution in [0.1, 0.15) is 12.8 Å². The number of halogens is 4. The number of aliphatic carboxylic acids is 1. The van der Waals surface area contributed by atoms with E-state index in [9.17, 15) is 17.6 Å². The Morgan fingerprint density at radius 1 is 1.44 bits per heavy atom. The normalized spacial score (nSPS) is 24.6. The molecule has 3 atom stereocenters. The molecule has 1 aromatic heterocycles. The first-order valence-corrected chi connectivity index (χ1v) is 8.12. The first-order valence-electron chi connectivity index (χ1n) is 8.12. The summed E-state index contributed by atoms with van der Waals surface area (Å²) in [6, 6.07) is 0.198. The zero-order valence-electron chi connectivity index (χ0n) is 14.2. The number of carboxylic acids is 1. The number of fused-ring (bicyclic) bond motifs is 1. The number of anilines is 1. The molecule has 2 saturated heterocycles. The summed E-state index contributed by atoms with van der Waals surface area (Å²) < 4.78 is 56.3. The van der Waals surface area contributed by atoms with Crippen LogP contribution < -0.4 is 4.90 Å². The summed E-state index contributed by atoms with van der Waals surface area (Å²) in [5.41, 5.74) is 0. The van der Waals surface area contributed by atoms with Crippen molar-refractivity contribution in [3.63, 3.8) is 0 Å². The largest absolute Gasteiger partial charge is 0.490 e. The number of hydrogen-bond donors (Lipinski definition) is 1. The maximum absolute atomic E-state index is 12.9. The van der Waals surface area contributed by atoms with E-state index in [2.05, 4.69) is 21.4 Å². The van der Waals surface area contributed by atoms with Crippen LogP contribution in [-0.4, -0.2) is 65.2 Å². The molecule has 2 aliphatic rings. The minimum atomic E-state index is -5.08. The highest BCUT2D eigenvalue weighted by Crippen LogP contribution is 2.32. The summed E-state index contributed by atoms with van der Waals surface area (Å²) >= 11 is 0. The Morgan fingerprint density at radius 2 is 2.07 bits per heavy atom. The molecule has 0 aliphatic carbocycles. The molecule has 1 aromatic rings. The number of ether oxygens (including phenoxy) is 2. The average Bonchev–Trinajstić information content (AvgIpc) is 2.99. The Bertz CT molecular complexity index is 642. The summed E-state index contributed by atoms with van der Waals surface area (Å²) in [5.74, 6) is -2.65. The van der Waals surface area contributed by atoms with E-state index in [0.717, 1.165) is 19.4 Å². The van der Waals surface area contributed by atoms with Crippen molar-refractivity contribution in [2.24, 2.45) is 0 Å². The smallest absolute Gasteiger partial charge is 0.475 e. The zero-order valence-corrected chi connectivity index (χ0v) is 14.2. The van der Waals surface area contributed by atoms with Gasteiger partial charge >= 0.3 is 12.1 Å². The third kappa shape index (κ3) is 5.60. The highest BCUT2D eigenvalue weighted by Gasteiger charge is 2.45. The van der Waals surface area contributed by atoms with Crippen LogP contribution in [0.5, 0.6) is 0 Å². The van der Waals surface area contributed by atoms with Gasteiger partial charge in [-0.1, -0.05) is 6.08 Å². The van der Waals surface area contributed by atoms with Crippen molar-refractivity contribution in [2.75, 3.05) is 24.7 Å². The van der Waals surface area contributed by atoms with Crippen LogP contribution in [0.25, 0.3) is 0 Å². The van der Waals surface area contributed by atoms with Crippen molar-refractivity contribution in [1.29, 1.82) is 0 Å². The van der Waals surface area contributed by atoms with E-state index in [1.54, 1.807) is 6.08 Å². The second-order valence-electron chi connectivity index (χ2n) is 5.86. The summed E-state index contributed by atoms with van der Waals surface area (Å²) in [7, 11) is 0. The molecule has 0 amide bonds. The van der Waals surface area contributed by atoms with E-state index in [4.69, 9.17) is 19.4 Å². The first kappa shape index (κ1) is 21.0. The quantitative estimate of drug-likeness (QED) is 0.620. The Hall–Kier alpha value is -2.27. The van der Waals surface area contributed by atoms with Gasteiger partial charge in [0.1, 0.15) is 12.2 Å². The zero-order chi connectivity index (χ0) is 20.0. The van der Waals surface area contributed by atoms with Gasteiger partial charge in [0.2, 0.25) is 5.95 Å². The standard InChI is InChI=1S/C14H18FN3O2.C2HF3O2/c1-2-5-19-12-9-18(11-4-3-6-20-13(11)12)14-16-7-10(15)8-17-14;3-2(4,5)1(6)7/h2,7-8,11-13H,1,3-6,9H2;(H,6,7)/t11-,12-,13+;/m1./s1. The highest BCUT2D eigenvalue weighted by atomic mass is 19.4. The molecule has 3 heterocycles. The van der Waals surface area contributed by atoms with E-state index in [1.807, 2.05) is 0 Å². The van der Waals surface area contributed by atoms with Gasteiger partial charge in [-0.15, -0.1) is 6.58 Å². The Kier molecular flexibility index (Phi) is 7.08. The van der Waals surface area contributed by atoms with Gasteiger partial charge in [0.25, 0.3) is 0 Å². The maximum Gasteiger partial charge on any atom is 0.490 e. The fourth-order valence-corrected chi connectivity index (χ4v) is 2.93. The molecule has 0 radical (unpaired) electrons. The van der Waals surface area contributed by atoms with Crippen LogP contribution in [0, 0.1) is 5.82 Å². The molecule has 27 heavy (non-hydrogen) atoms. The van der Waals surface area contributed by atoms with Crippen molar-refractivity contribution in [1.82, 2.24) is 9.97 Å².